The molecule has 9 nitrogen and oxygen atoms in total. The van der Waals surface area contributed by atoms with Gasteiger partial charge in [-0.05, 0) is 32.1 Å². The van der Waals surface area contributed by atoms with Gasteiger partial charge in [-0.25, -0.2) is 8.42 Å². The van der Waals surface area contributed by atoms with E-state index < -0.39 is 33.7 Å². The van der Waals surface area contributed by atoms with Gasteiger partial charge in [0.25, 0.3) is 0 Å². The fraction of sp³-hybridized carbons (Fsp3) is 0.792. The molecule has 0 aromatic rings. The summed E-state index contributed by atoms with van der Waals surface area (Å²) in [6, 6.07) is 0. The molecule has 12 heteroatoms. The molecule has 0 bridgehead atoms. The summed E-state index contributed by atoms with van der Waals surface area (Å²) >= 11 is 0. The molecule has 0 saturated heterocycles. The molecule has 198 valence electrons. The van der Waals surface area contributed by atoms with Crippen LogP contribution < -0.4 is 69.5 Å². The van der Waals surface area contributed by atoms with E-state index in [2.05, 4.69) is 29.1 Å². The summed E-state index contributed by atoms with van der Waals surface area (Å²) in [6.45, 7) is 1.98. The monoisotopic (exact) mass is 549 g/mol. The van der Waals surface area contributed by atoms with Crippen molar-refractivity contribution in [2.45, 2.75) is 108 Å². The van der Waals surface area contributed by atoms with Crippen molar-refractivity contribution < 1.29 is 96.3 Å². The van der Waals surface area contributed by atoms with Crippen molar-refractivity contribution in [1.29, 1.82) is 0 Å². The third-order valence-electron chi connectivity index (χ3n) is 5.32. The number of nitrogens with one attached hydrogen (secondary N) is 1. The van der Waals surface area contributed by atoms with Crippen LogP contribution in [0.3, 0.4) is 0 Å². The van der Waals surface area contributed by atoms with Crippen molar-refractivity contribution in [2.75, 3.05) is 13.2 Å². The van der Waals surface area contributed by atoms with Gasteiger partial charge in [-0.3, -0.25) is 9.59 Å². The number of aliphatic carboxylic acids is 1. The topological polar surface area (TPSA) is 153 Å². The number of hydrogen-bond acceptors (Lipinski definition) is 8. The van der Waals surface area contributed by atoms with Gasteiger partial charge in [0.15, 0.2) is 0 Å². The first kappa shape index (κ1) is 40.6. The predicted molar refractivity (Wildman–Crippen MR) is 127 cm³/mol. The largest absolute Gasteiger partial charge is 1.00 e. The number of allylic oxidation sites excluding steroid dienone is 2. The van der Waals surface area contributed by atoms with Gasteiger partial charge in [0, 0.05) is 6.42 Å². The number of carbonyl (C=O) groups is 3. The van der Waals surface area contributed by atoms with Crippen LogP contribution >= 0.6 is 0 Å². The average Bonchev–Trinajstić information content (AvgIpc) is 2.76. The maximum absolute atomic E-state index is 11.8. The Hall–Kier alpha value is 0.0600. The van der Waals surface area contributed by atoms with Gasteiger partial charge >= 0.3 is 65.1 Å². The molecule has 0 spiro atoms. The summed E-state index contributed by atoms with van der Waals surface area (Å²) in [7, 11) is -5.22. The normalized spacial score (nSPS) is 11.8. The summed E-state index contributed by atoms with van der Waals surface area (Å²) in [5.74, 6) is -3.51. The Kier molecular flexibility index (Phi) is 30.0. The second-order valence-corrected chi connectivity index (χ2v) is 9.96. The van der Waals surface area contributed by atoms with Gasteiger partial charge < -0.3 is 24.5 Å². The molecule has 0 aromatic heterocycles. The molecule has 0 aliphatic carbocycles. The summed E-state index contributed by atoms with van der Waals surface area (Å²) < 4.78 is 36.9. The van der Waals surface area contributed by atoms with Crippen molar-refractivity contribution in [1.82, 2.24) is 5.32 Å². The van der Waals surface area contributed by atoms with Gasteiger partial charge in [-0.2, -0.15) is 0 Å². The summed E-state index contributed by atoms with van der Waals surface area (Å²) in [5, 5.41) is 10.7. The Balaban J connectivity index is -0.00000544. The molecule has 36 heavy (non-hydrogen) atoms. The number of carboxylic acids is 1. The number of amides is 1. The SMILES string of the molecule is CCCCCCCC/C=C/CCCCCCCC(=O)NCCOC(=O)CC(C(=O)[O-])S(=O)(=O)[O-].[Na+].[Na+]. The first-order valence-electron chi connectivity index (χ1n) is 12.4. The molecule has 0 aliphatic rings. The maximum Gasteiger partial charge on any atom is 1.00 e. The van der Waals surface area contributed by atoms with Crippen LogP contribution in [0, 0.1) is 0 Å². The standard InChI is InChI=1S/C24H43NO8S.2Na/c1-2-3-4-5-6-7-8-9-10-11-12-13-14-15-16-17-22(26)25-18-19-33-23(27)20-21(24(28)29)34(30,31)32;;/h9-10,21H,2-8,11-20H2,1H3,(H,25,26)(H,28,29)(H,30,31,32);;/q;2*+1/p-2/b10-9+;;. The number of hydrogen-bond donors (Lipinski definition) is 1. The smallest absolute Gasteiger partial charge is 0.747 e. The van der Waals surface area contributed by atoms with Gasteiger partial charge in [-0.15, -0.1) is 0 Å². The fourth-order valence-corrected chi connectivity index (χ4v) is 3.89. The number of carbonyl (C=O) groups excluding carboxylic acids is 3. The van der Waals surface area contributed by atoms with Crippen LogP contribution in [0.25, 0.3) is 0 Å². The molecule has 1 unspecified atom stereocenters. The van der Waals surface area contributed by atoms with Gasteiger partial charge in [0.2, 0.25) is 5.91 Å². The van der Waals surface area contributed by atoms with Crippen molar-refractivity contribution in [3.8, 4) is 0 Å². The molecule has 0 heterocycles. The summed E-state index contributed by atoms with van der Waals surface area (Å²) in [6.07, 6.45) is 19.0. The number of unbranched alkanes of at least 4 members (excludes halogenated alkanes) is 11. The second kappa shape index (κ2) is 26.7. The number of ether oxygens (including phenoxy) is 1. The van der Waals surface area contributed by atoms with Crippen LogP contribution in [-0.4, -0.2) is 49.2 Å². The van der Waals surface area contributed by atoms with E-state index in [9.17, 15) is 32.5 Å². The molecule has 1 amide bonds. The minimum atomic E-state index is -5.22. The Bertz CT molecular complexity index is 717. The van der Waals surface area contributed by atoms with E-state index in [0.29, 0.717) is 6.42 Å². The maximum atomic E-state index is 11.8. The first-order chi connectivity index (χ1) is 16.2. The predicted octanol–water partition coefficient (Wildman–Crippen LogP) is -3.25. The van der Waals surface area contributed by atoms with E-state index in [4.69, 9.17) is 0 Å². The van der Waals surface area contributed by atoms with E-state index in [1.807, 2.05) is 0 Å². The molecule has 1 N–H and O–H groups in total. The van der Waals surface area contributed by atoms with E-state index in [1.165, 1.54) is 44.9 Å². The Morgan fingerprint density at radius 3 is 1.86 bits per heavy atom. The molecule has 0 aromatic carbocycles. The molecular formula is C24H41NNa2O8S. The molecular weight excluding hydrogens is 508 g/mol. The van der Waals surface area contributed by atoms with E-state index >= 15 is 0 Å². The Morgan fingerprint density at radius 1 is 0.861 bits per heavy atom. The summed E-state index contributed by atoms with van der Waals surface area (Å²) in [5.41, 5.74) is 0. The second-order valence-electron chi connectivity index (χ2n) is 8.41. The zero-order valence-corrected chi connectivity index (χ0v) is 27.2. The van der Waals surface area contributed by atoms with Crippen molar-refractivity contribution >= 4 is 28.0 Å². The van der Waals surface area contributed by atoms with E-state index in [-0.39, 0.29) is 78.2 Å². The van der Waals surface area contributed by atoms with Gasteiger partial charge in [-0.1, -0.05) is 70.4 Å². The van der Waals surface area contributed by atoms with Crippen LogP contribution in [0.4, 0.5) is 0 Å². The summed E-state index contributed by atoms with van der Waals surface area (Å²) in [4.78, 5) is 33.8. The number of carboxylic acid groups (broad SMARTS) is 1. The van der Waals surface area contributed by atoms with Crippen LogP contribution in [0.15, 0.2) is 12.2 Å². The van der Waals surface area contributed by atoms with Crippen molar-refractivity contribution in [3.63, 3.8) is 0 Å². The molecule has 0 saturated carbocycles. The third kappa shape index (κ3) is 25.7. The van der Waals surface area contributed by atoms with Crippen LogP contribution in [0.5, 0.6) is 0 Å². The number of esters is 1. The minimum absolute atomic E-state index is 0. The van der Waals surface area contributed by atoms with E-state index in [0.717, 1.165) is 38.5 Å². The molecule has 0 rings (SSSR count). The minimum Gasteiger partial charge on any atom is -0.747 e. The molecule has 0 radical (unpaired) electrons. The number of rotatable bonds is 22. The van der Waals surface area contributed by atoms with Gasteiger partial charge in [0.05, 0.1) is 24.2 Å². The van der Waals surface area contributed by atoms with Gasteiger partial charge in [0.1, 0.15) is 16.7 Å². The van der Waals surface area contributed by atoms with Crippen molar-refractivity contribution in [3.05, 3.63) is 12.2 Å². The fourth-order valence-electron chi connectivity index (χ4n) is 3.31. The first-order valence-corrected chi connectivity index (χ1v) is 13.9. The Morgan fingerprint density at radius 2 is 1.36 bits per heavy atom. The van der Waals surface area contributed by atoms with Crippen LogP contribution in [-0.2, 0) is 29.2 Å². The average molecular weight is 550 g/mol. The molecule has 1 atom stereocenters. The van der Waals surface area contributed by atoms with Crippen LogP contribution in [0.1, 0.15) is 103 Å². The third-order valence-corrected chi connectivity index (χ3v) is 6.37. The quantitative estimate of drug-likeness (QED) is 0.0486. The zero-order valence-electron chi connectivity index (χ0n) is 22.4. The zero-order chi connectivity index (χ0) is 25.7. The molecule has 0 aliphatic heterocycles. The van der Waals surface area contributed by atoms with E-state index in [1.54, 1.807) is 0 Å². The molecule has 0 fully saturated rings. The Labute approximate surface area is 261 Å². The van der Waals surface area contributed by atoms with Crippen LogP contribution in [0.2, 0.25) is 0 Å². The van der Waals surface area contributed by atoms with Crippen molar-refractivity contribution in [2.24, 2.45) is 0 Å².